The fraction of sp³-hybridized carbons (Fsp3) is 0.312. The van der Waals surface area contributed by atoms with Gasteiger partial charge in [0.15, 0.2) is 0 Å². The molecule has 0 aliphatic rings. The lowest BCUT2D eigenvalue weighted by Gasteiger charge is -2.22. The summed E-state index contributed by atoms with van der Waals surface area (Å²) in [7, 11) is 1.67. The molecule has 37 heavy (non-hydrogen) atoms. The number of nitrogens with one attached hydrogen (secondary N) is 1. The fourth-order valence-corrected chi connectivity index (χ4v) is 4.79. The molecule has 4 rings (SSSR count). The molecule has 3 aromatic carbocycles. The fourth-order valence-electron chi connectivity index (χ4n) is 4.79. The third-order valence-corrected chi connectivity index (χ3v) is 6.83. The van der Waals surface area contributed by atoms with E-state index in [1.807, 2.05) is 59.2 Å². The van der Waals surface area contributed by atoms with Crippen molar-refractivity contribution in [1.29, 1.82) is 0 Å². The molecule has 0 aliphatic heterocycles. The van der Waals surface area contributed by atoms with Crippen LogP contribution in [0.15, 0.2) is 78.9 Å². The number of carbonyl (C=O) groups is 1. The highest BCUT2D eigenvalue weighted by Gasteiger charge is 2.27. The van der Waals surface area contributed by atoms with Crippen LogP contribution in [0.1, 0.15) is 67.7 Å². The van der Waals surface area contributed by atoms with Gasteiger partial charge in [0.25, 0.3) is 5.91 Å². The zero-order valence-electron chi connectivity index (χ0n) is 22.3. The van der Waals surface area contributed by atoms with Crippen LogP contribution in [0.4, 0.5) is 0 Å². The average molecular weight is 496 g/mol. The van der Waals surface area contributed by atoms with Gasteiger partial charge in [-0.15, -0.1) is 0 Å². The maximum Gasteiger partial charge on any atom is 0.270 e. The summed E-state index contributed by atoms with van der Waals surface area (Å²) in [6, 6.07) is 26.2. The molecule has 0 spiro atoms. The average Bonchev–Trinajstić information content (AvgIpc) is 3.35. The Balaban J connectivity index is 1.82. The van der Waals surface area contributed by atoms with Gasteiger partial charge in [0.1, 0.15) is 23.0 Å². The second kappa shape index (κ2) is 12.4. The van der Waals surface area contributed by atoms with Gasteiger partial charge in [0.2, 0.25) is 0 Å². The van der Waals surface area contributed by atoms with Crippen LogP contribution < -0.4 is 10.1 Å². The third kappa shape index (κ3) is 5.77. The number of aromatic nitrogens is 2. The summed E-state index contributed by atoms with van der Waals surface area (Å²) in [4.78, 5) is 19.2. The van der Waals surface area contributed by atoms with Gasteiger partial charge in [-0.25, -0.2) is 4.98 Å². The van der Waals surface area contributed by atoms with Crippen LogP contribution in [-0.4, -0.2) is 22.6 Å². The molecular formula is C32H37N3O2. The van der Waals surface area contributed by atoms with E-state index < -0.39 is 0 Å². The number of imidazole rings is 1. The maximum atomic E-state index is 14.1. The Kier molecular flexibility index (Phi) is 8.78. The molecule has 1 heterocycles. The highest BCUT2D eigenvalue weighted by Crippen LogP contribution is 2.32. The zero-order chi connectivity index (χ0) is 26.2. The van der Waals surface area contributed by atoms with E-state index in [0.29, 0.717) is 17.9 Å². The molecule has 0 aliphatic carbocycles. The number of amides is 1. The van der Waals surface area contributed by atoms with Gasteiger partial charge < -0.3 is 14.6 Å². The molecule has 1 aromatic heterocycles. The molecule has 0 radical (unpaired) electrons. The maximum absolute atomic E-state index is 14.1. The number of hydrogen-bond donors (Lipinski definition) is 1. The first-order valence-corrected chi connectivity index (χ1v) is 13.3. The van der Waals surface area contributed by atoms with Gasteiger partial charge in [0, 0.05) is 23.2 Å². The number of para-hydroxylation sites is 1. The van der Waals surface area contributed by atoms with Gasteiger partial charge >= 0.3 is 0 Å². The predicted molar refractivity (Wildman–Crippen MR) is 151 cm³/mol. The molecule has 0 fully saturated rings. The molecule has 4 aromatic rings. The number of carbonyl (C=O) groups excluding carboxylic acids is 1. The summed E-state index contributed by atoms with van der Waals surface area (Å²) < 4.78 is 7.68. The van der Waals surface area contributed by atoms with E-state index in [1.54, 1.807) is 7.11 Å². The molecule has 1 atom stereocenters. The van der Waals surface area contributed by atoms with E-state index in [9.17, 15) is 4.79 Å². The van der Waals surface area contributed by atoms with Crippen LogP contribution in [0.3, 0.4) is 0 Å². The first-order chi connectivity index (χ1) is 18.1. The highest BCUT2D eigenvalue weighted by atomic mass is 16.5. The van der Waals surface area contributed by atoms with Gasteiger partial charge in [0.05, 0.1) is 13.2 Å². The molecule has 1 amide bonds. The monoisotopic (exact) mass is 495 g/mol. The van der Waals surface area contributed by atoms with Gasteiger partial charge in [-0.05, 0) is 31.4 Å². The van der Waals surface area contributed by atoms with Crippen molar-refractivity contribution in [2.24, 2.45) is 0 Å². The lowest BCUT2D eigenvalue weighted by molar-refractivity contribution is 0.0925. The van der Waals surface area contributed by atoms with Crippen molar-refractivity contribution in [3.8, 4) is 28.4 Å². The standard InChI is InChI=1S/C32H37N3O2/c1-5-8-17-27(26-16-12-13-18-28(26)37-4)33-32(36)30-29(24-21-19-23(6-2)20-22-24)34-31(35(30)7-3)25-14-10-9-11-15-25/h9-16,18-22,27H,5-8,17H2,1-4H3,(H,33,36). The Hall–Kier alpha value is -3.86. The van der Waals surface area contributed by atoms with Gasteiger partial charge in [-0.1, -0.05) is 99.5 Å². The van der Waals surface area contributed by atoms with E-state index in [4.69, 9.17) is 9.72 Å². The minimum absolute atomic E-state index is 0.127. The van der Waals surface area contributed by atoms with Crippen LogP contribution >= 0.6 is 0 Å². The number of methoxy groups -OCH3 is 1. The Morgan fingerprint density at radius 2 is 1.62 bits per heavy atom. The molecule has 5 heteroatoms. The minimum atomic E-state index is -0.167. The van der Waals surface area contributed by atoms with Gasteiger partial charge in [-0.3, -0.25) is 4.79 Å². The van der Waals surface area contributed by atoms with E-state index >= 15 is 0 Å². The van der Waals surface area contributed by atoms with E-state index in [1.165, 1.54) is 5.56 Å². The number of aryl methyl sites for hydroxylation is 1. The Bertz CT molecular complexity index is 1310. The lowest BCUT2D eigenvalue weighted by atomic mass is 9.99. The van der Waals surface area contributed by atoms with Crippen LogP contribution in [0.25, 0.3) is 22.6 Å². The summed E-state index contributed by atoms with van der Waals surface area (Å²) in [5.41, 5.74) is 5.46. The first-order valence-electron chi connectivity index (χ1n) is 13.3. The lowest BCUT2D eigenvalue weighted by Crippen LogP contribution is -2.31. The van der Waals surface area contributed by atoms with Crippen molar-refractivity contribution in [2.75, 3.05) is 7.11 Å². The summed E-state index contributed by atoms with van der Waals surface area (Å²) in [5, 5.41) is 3.35. The van der Waals surface area contributed by atoms with Crippen molar-refractivity contribution >= 4 is 5.91 Å². The SMILES string of the molecule is CCCCC(NC(=O)c1c(-c2ccc(CC)cc2)nc(-c2ccccc2)n1CC)c1ccccc1OC. The van der Waals surface area contributed by atoms with E-state index in [2.05, 4.69) is 50.4 Å². The number of unbranched alkanes of at least 4 members (excludes halogenated alkanes) is 1. The van der Waals surface area contributed by atoms with Crippen LogP contribution in [0, 0.1) is 0 Å². The second-order valence-corrected chi connectivity index (χ2v) is 9.20. The van der Waals surface area contributed by atoms with E-state index in [0.717, 1.165) is 53.9 Å². The first kappa shape index (κ1) is 26.2. The summed E-state index contributed by atoms with van der Waals surface area (Å²) in [6.07, 6.45) is 3.83. The Morgan fingerprint density at radius 3 is 2.27 bits per heavy atom. The molecule has 1 unspecified atom stereocenters. The van der Waals surface area contributed by atoms with Crippen molar-refractivity contribution in [3.63, 3.8) is 0 Å². The highest BCUT2D eigenvalue weighted by molar-refractivity contribution is 6.00. The normalized spacial score (nSPS) is 11.8. The number of benzene rings is 3. The van der Waals surface area contributed by atoms with Crippen LogP contribution in [0.2, 0.25) is 0 Å². The third-order valence-electron chi connectivity index (χ3n) is 6.83. The van der Waals surface area contributed by atoms with Crippen molar-refractivity contribution in [1.82, 2.24) is 14.9 Å². The Labute approximate surface area is 220 Å². The minimum Gasteiger partial charge on any atom is -0.496 e. The largest absolute Gasteiger partial charge is 0.496 e. The Morgan fingerprint density at radius 1 is 0.919 bits per heavy atom. The van der Waals surface area contributed by atoms with Crippen LogP contribution in [0.5, 0.6) is 5.75 Å². The molecule has 0 saturated carbocycles. The number of ether oxygens (including phenoxy) is 1. The van der Waals surface area contributed by atoms with Crippen molar-refractivity contribution in [3.05, 3.63) is 95.7 Å². The second-order valence-electron chi connectivity index (χ2n) is 9.20. The molecule has 1 N–H and O–H groups in total. The topological polar surface area (TPSA) is 56.2 Å². The summed E-state index contributed by atoms with van der Waals surface area (Å²) >= 11 is 0. The van der Waals surface area contributed by atoms with Gasteiger partial charge in [-0.2, -0.15) is 0 Å². The zero-order valence-corrected chi connectivity index (χ0v) is 22.3. The smallest absolute Gasteiger partial charge is 0.270 e. The quantitative estimate of drug-likeness (QED) is 0.235. The molecule has 192 valence electrons. The van der Waals surface area contributed by atoms with Crippen molar-refractivity contribution < 1.29 is 9.53 Å². The molecule has 5 nitrogen and oxygen atoms in total. The summed E-state index contributed by atoms with van der Waals surface area (Å²) in [6.45, 7) is 6.99. The molecule has 0 saturated heterocycles. The van der Waals surface area contributed by atoms with E-state index in [-0.39, 0.29) is 11.9 Å². The van der Waals surface area contributed by atoms with Crippen molar-refractivity contribution in [2.45, 2.75) is 59.0 Å². The van der Waals surface area contributed by atoms with Crippen LogP contribution in [-0.2, 0) is 13.0 Å². The number of nitrogens with zero attached hydrogens (tertiary/aromatic N) is 2. The predicted octanol–water partition coefficient (Wildman–Crippen LogP) is 7.47. The number of hydrogen-bond acceptors (Lipinski definition) is 3. The molecule has 0 bridgehead atoms. The summed E-state index contributed by atoms with van der Waals surface area (Å²) in [5.74, 6) is 1.46. The molecular weight excluding hydrogens is 458 g/mol. The number of rotatable bonds is 11.